The van der Waals surface area contributed by atoms with E-state index in [1.54, 1.807) is 12.3 Å². The molecule has 2 unspecified atom stereocenters. The van der Waals surface area contributed by atoms with Gasteiger partial charge in [0, 0.05) is 34.8 Å². The van der Waals surface area contributed by atoms with Crippen LogP contribution in [0.3, 0.4) is 0 Å². The minimum Gasteiger partial charge on any atom is -0.493 e. The number of carbonyl (C=O) groups excluding carboxylic acids is 1. The van der Waals surface area contributed by atoms with Gasteiger partial charge in [-0.1, -0.05) is 0 Å². The molecule has 192 valence electrons. The fourth-order valence-corrected chi connectivity index (χ4v) is 7.62. The molecular formula is C28H30FN5O3. The number of hydrogen-bond donors (Lipinski definition) is 4. The van der Waals surface area contributed by atoms with E-state index in [0.717, 1.165) is 48.7 Å². The fourth-order valence-electron chi connectivity index (χ4n) is 7.62. The van der Waals surface area contributed by atoms with Crippen molar-refractivity contribution in [2.24, 2.45) is 11.8 Å². The lowest BCUT2D eigenvalue weighted by Gasteiger charge is -2.60. The van der Waals surface area contributed by atoms with Crippen LogP contribution in [0.15, 0.2) is 42.6 Å². The molecule has 4 fully saturated rings. The van der Waals surface area contributed by atoms with Crippen LogP contribution >= 0.6 is 0 Å². The Kier molecular flexibility index (Phi) is 5.08. The average molecular weight is 504 g/mol. The van der Waals surface area contributed by atoms with Crippen LogP contribution in [0.4, 0.5) is 20.8 Å². The first-order valence-corrected chi connectivity index (χ1v) is 13.1. The van der Waals surface area contributed by atoms with Gasteiger partial charge < -0.3 is 20.5 Å². The molecule has 0 spiro atoms. The minimum absolute atomic E-state index is 0.0859. The number of ether oxygens (including phenoxy) is 1. The molecule has 1 aromatic heterocycles. The van der Waals surface area contributed by atoms with E-state index in [4.69, 9.17) is 4.74 Å². The summed E-state index contributed by atoms with van der Waals surface area (Å²) in [5, 5.41) is 21.3. The molecule has 3 aromatic rings. The Labute approximate surface area is 214 Å². The van der Waals surface area contributed by atoms with Gasteiger partial charge in [-0.05, 0) is 86.8 Å². The highest BCUT2D eigenvalue weighted by Crippen LogP contribution is 2.57. The second-order valence-electron chi connectivity index (χ2n) is 11.5. The number of nitrogens with zero attached hydrogens (tertiary/aromatic N) is 2. The summed E-state index contributed by atoms with van der Waals surface area (Å²) in [6.45, 7) is 0.551. The van der Waals surface area contributed by atoms with Crippen LogP contribution in [0.5, 0.6) is 5.75 Å². The maximum Gasteiger partial charge on any atom is 0.322 e. The maximum absolute atomic E-state index is 13.9. The van der Waals surface area contributed by atoms with E-state index in [-0.39, 0.29) is 29.4 Å². The third-order valence-electron chi connectivity index (χ3n) is 8.57. The number of rotatable bonds is 4. The molecule has 4 bridgehead atoms. The molecule has 8 rings (SSSR count). The summed E-state index contributed by atoms with van der Waals surface area (Å²) in [5.74, 6) is 1.59. The van der Waals surface area contributed by atoms with E-state index in [0.29, 0.717) is 42.6 Å². The predicted octanol–water partition coefficient (Wildman–Crippen LogP) is 4.91. The Bertz CT molecular complexity index is 1380. The van der Waals surface area contributed by atoms with Crippen molar-refractivity contribution in [1.82, 2.24) is 15.3 Å². The largest absolute Gasteiger partial charge is 0.493 e. The smallest absolute Gasteiger partial charge is 0.322 e. The van der Waals surface area contributed by atoms with Crippen LogP contribution in [-0.4, -0.2) is 38.9 Å². The number of aromatic nitrogens is 2. The fraction of sp³-hybridized carbons (Fsp3) is 0.464. The van der Waals surface area contributed by atoms with Gasteiger partial charge in [-0.3, -0.25) is 5.32 Å². The van der Waals surface area contributed by atoms with Crippen molar-refractivity contribution in [2.45, 2.75) is 62.1 Å². The zero-order valence-corrected chi connectivity index (χ0v) is 20.5. The number of halogens is 1. The molecule has 9 heteroatoms. The molecular weight excluding hydrogens is 473 g/mol. The second kappa shape index (κ2) is 8.28. The summed E-state index contributed by atoms with van der Waals surface area (Å²) in [7, 11) is 0. The van der Waals surface area contributed by atoms with E-state index < -0.39 is 5.60 Å². The summed E-state index contributed by atoms with van der Waals surface area (Å²) in [6, 6.07) is 9.93. The molecule has 0 saturated heterocycles. The number of hydrogen-bond acceptors (Lipinski definition) is 6. The van der Waals surface area contributed by atoms with Crippen molar-refractivity contribution in [3.8, 4) is 5.75 Å². The maximum atomic E-state index is 13.9. The quantitative estimate of drug-likeness (QED) is 0.403. The molecule has 3 atom stereocenters. The standard InChI is InChI=1S/C28H30FN5O3/c29-19-2-4-24-21(8-19)22(5-6-37-24)31-20-3-1-18-14-30-25(32-23(18)9-20)33-26(35)34-27-10-16-7-17(11-27)13-28(36,12-16)15-27/h1-4,8-9,14,16-17,22,31,36H,5-7,10-13,15H2,(H2,30,32,33,34,35)/t16?,17?,22-,27?,28?/m1/s1. The first kappa shape index (κ1) is 22.7. The van der Waals surface area contributed by atoms with E-state index in [2.05, 4.69) is 25.9 Å². The lowest BCUT2D eigenvalue weighted by atomic mass is 9.51. The van der Waals surface area contributed by atoms with Crippen LogP contribution < -0.4 is 20.7 Å². The molecule has 37 heavy (non-hydrogen) atoms. The van der Waals surface area contributed by atoms with Gasteiger partial charge in [-0.15, -0.1) is 0 Å². The normalized spacial score (nSPS) is 31.5. The summed E-state index contributed by atoms with van der Waals surface area (Å²) in [4.78, 5) is 21.9. The Hall–Kier alpha value is -3.46. The van der Waals surface area contributed by atoms with Crippen LogP contribution in [0, 0.1) is 17.7 Å². The Balaban J connectivity index is 1.07. The SMILES string of the molecule is O=C(Nc1ncc2ccc(N[C@@H]3CCOc4ccc(F)cc43)cc2n1)NC12CC3CC(CC(O)(C3)C1)C2. The Morgan fingerprint density at radius 1 is 1.11 bits per heavy atom. The monoisotopic (exact) mass is 503 g/mol. The van der Waals surface area contributed by atoms with Crippen molar-refractivity contribution in [2.75, 3.05) is 17.2 Å². The first-order chi connectivity index (χ1) is 17.8. The zero-order valence-electron chi connectivity index (χ0n) is 20.5. The van der Waals surface area contributed by atoms with Gasteiger partial charge in [0.05, 0.1) is 23.8 Å². The average Bonchev–Trinajstić information content (AvgIpc) is 2.82. The van der Waals surface area contributed by atoms with Crippen molar-refractivity contribution in [1.29, 1.82) is 0 Å². The Morgan fingerprint density at radius 3 is 2.76 bits per heavy atom. The molecule has 2 heterocycles. The van der Waals surface area contributed by atoms with E-state index in [1.165, 1.54) is 12.1 Å². The van der Waals surface area contributed by atoms with Crippen molar-refractivity contribution in [3.63, 3.8) is 0 Å². The van der Waals surface area contributed by atoms with Crippen molar-refractivity contribution < 1.29 is 19.0 Å². The van der Waals surface area contributed by atoms with Gasteiger partial charge in [0.25, 0.3) is 0 Å². The molecule has 1 aliphatic heterocycles. The lowest BCUT2D eigenvalue weighted by Crippen LogP contribution is -2.65. The second-order valence-corrected chi connectivity index (χ2v) is 11.5. The first-order valence-electron chi connectivity index (χ1n) is 13.1. The number of anilines is 2. The number of aliphatic hydroxyl groups is 1. The highest BCUT2D eigenvalue weighted by Gasteiger charge is 2.57. The van der Waals surface area contributed by atoms with Gasteiger partial charge in [-0.25, -0.2) is 19.2 Å². The third-order valence-corrected chi connectivity index (χ3v) is 8.57. The van der Waals surface area contributed by atoms with Gasteiger partial charge in [0.2, 0.25) is 5.95 Å². The predicted molar refractivity (Wildman–Crippen MR) is 137 cm³/mol. The van der Waals surface area contributed by atoms with Gasteiger partial charge >= 0.3 is 6.03 Å². The van der Waals surface area contributed by atoms with Crippen LogP contribution in [0.2, 0.25) is 0 Å². The van der Waals surface area contributed by atoms with Crippen LogP contribution in [0.25, 0.3) is 10.9 Å². The number of urea groups is 1. The molecule has 0 radical (unpaired) electrons. The van der Waals surface area contributed by atoms with Gasteiger partial charge in [0.15, 0.2) is 0 Å². The molecule has 8 nitrogen and oxygen atoms in total. The highest BCUT2D eigenvalue weighted by molar-refractivity contribution is 5.90. The van der Waals surface area contributed by atoms with Crippen LogP contribution in [0.1, 0.15) is 56.6 Å². The van der Waals surface area contributed by atoms with E-state index in [9.17, 15) is 14.3 Å². The number of carbonyl (C=O) groups is 1. The van der Waals surface area contributed by atoms with Crippen molar-refractivity contribution in [3.05, 3.63) is 54.0 Å². The minimum atomic E-state index is -0.642. The highest BCUT2D eigenvalue weighted by atomic mass is 19.1. The summed E-state index contributed by atoms with van der Waals surface area (Å²) in [6.07, 6.45) is 7.73. The molecule has 5 aliphatic rings. The molecule has 2 aromatic carbocycles. The van der Waals surface area contributed by atoms with Crippen LogP contribution in [-0.2, 0) is 0 Å². The number of fused-ring (bicyclic) bond motifs is 2. The van der Waals surface area contributed by atoms with Crippen molar-refractivity contribution >= 4 is 28.6 Å². The van der Waals surface area contributed by atoms with Gasteiger partial charge in [0.1, 0.15) is 11.6 Å². The molecule has 4 saturated carbocycles. The summed E-state index contributed by atoms with van der Waals surface area (Å²) in [5.41, 5.74) is 1.33. The number of nitrogens with one attached hydrogen (secondary N) is 3. The molecule has 4 N–H and O–H groups in total. The van der Waals surface area contributed by atoms with E-state index >= 15 is 0 Å². The Morgan fingerprint density at radius 2 is 1.95 bits per heavy atom. The molecule has 2 amide bonds. The lowest BCUT2D eigenvalue weighted by molar-refractivity contribution is -0.138. The number of amides is 2. The topological polar surface area (TPSA) is 108 Å². The third kappa shape index (κ3) is 4.25. The number of benzene rings is 2. The zero-order chi connectivity index (χ0) is 25.2. The summed E-state index contributed by atoms with van der Waals surface area (Å²) >= 11 is 0. The summed E-state index contributed by atoms with van der Waals surface area (Å²) < 4.78 is 19.5. The molecule has 4 aliphatic carbocycles. The van der Waals surface area contributed by atoms with Gasteiger partial charge in [-0.2, -0.15) is 0 Å². The van der Waals surface area contributed by atoms with E-state index in [1.807, 2.05) is 18.2 Å².